The van der Waals surface area contributed by atoms with Crippen LogP contribution in [0, 0.1) is 0 Å². The van der Waals surface area contributed by atoms with E-state index in [4.69, 9.17) is 0 Å². The highest BCUT2D eigenvalue weighted by molar-refractivity contribution is 5.35. The van der Waals surface area contributed by atoms with E-state index in [0.717, 1.165) is 36.9 Å². The molecular formula is C19H23F3N4O2. The molecule has 2 unspecified atom stereocenters. The molecule has 2 atom stereocenters. The van der Waals surface area contributed by atoms with E-state index in [1.807, 2.05) is 9.80 Å². The van der Waals surface area contributed by atoms with Gasteiger partial charge in [0.1, 0.15) is 6.10 Å². The number of hydrogen-bond donors (Lipinski definition) is 1. The summed E-state index contributed by atoms with van der Waals surface area (Å²) in [5.74, 6) is 0.562. The van der Waals surface area contributed by atoms with Crippen LogP contribution < -0.4 is 10.5 Å². The molecule has 2 heterocycles. The molecule has 1 aromatic heterocycles. The summed E-state index contributed by atoms with van der Waals surface area (Å²) in [6, 6.07) is -0.468. The highest BCUT2D eigenvalue weighted by Gasteiger charge is 2.38. The Labute approximate surface area is 160 Å². The Morgan fingerprint density at radius 3 is 2.54 bits per heavy atom. The molecule has 6 nitrogen and oxygen atoms in total. The van der Waals surface area contributed by atoms with Gasteiger partial charge >= 0.3 is 6.36 Å². The summed E-state index contributed by atoms with van der Waals surface area (Å²) in [6.45, 7) is 2.27. The number of aromatic nitrogens is 2. The monoisotopic (exact) mass is 396 g/mol. The van der Waals surface area contributed by atoms with Gasteiger partial charge in [-0.1, -0.05) is 24.3 Å². The standard InChI is InChI=1S/C19H23F3N4O2/c20-19(21,22)28-16-8-4-3-7-15(16)25-9-11-26(12-10-25)18-23-14-6-2-1-5-13(14)17(27)24-18/h3-4,7-8,15-16H,1-2,5-6,9-12H2,(H,23,24,27). The zero-order valence-electron chi connectivity index (χ0n) is 15.4. The van der Waals surface area contributed by atoms with Crippen LogP contribution in [0.5, 0.6) is 0 Å². The number of piperazine rings is 1. The molecule has 1 saturated heterocycles. The predicted molar refractivity (Wildman–Crippen MR) is 98.3 cm³/mol. The number of rotatable bonds is 3. The number of halogens is 3. The summed E-state index contributed by atoms with van der Waals surface area (Å²) in [5, 5.41) is 0. The molecule has 1 N–H and O–H groups in total. The molecule has 1 aromatic rings. The van der Waals surface area contributed by atoms with Gasteiger partial charge in [-0.2, -0.15) is 0 Å². The Balaban J connectivity index is 1.43. The van der Waals surface area contributed by atoms with Crippen LogP contribution in [0.3, 0.4) is 0 Å². The normalized spacial score (nSPS) is 25.8. The second-order valence-corrected chi connectivity index (χ2v) is 7.33. The Morgan fingerprint density at radius 1 is 1.07 bits per heavy atom. The second kappa shape index (κ2) is 7.71. The molecule has 3 aliphatic rings. The minimum atomic E-state index is -4.67. The Kier molecular flexibility index (Phi) is 5.29. The number of alkyl halides is 3. The van der Waals surface area contributed by atoms with Gasteiger partial charge in [0, 0.05) is 31.7 Å². The molecule has 0 aromatic carbocycles. The summed E-state index contributed by atoms with van der Waals surface area (Å²) in [7, 11) is 0. The van der Waals surface area contributed by atoms with Crippen molar-refractivity contribution in [2.24, 2.45) is 0 Å². The van der Waals surface area contributed by atoms with Crippen molar-refractivity contribution in [2.45, 2.75) is 44.2 Å². The van der Waals surface area contributed by atoms with Crippen LogP contribution >= 0.6 is 0 Å². The summed E-state index contributed by atoms with van der Waals surface area (Å²) >= 11 is 0. The van der Waals surface area contributed by atoms with Gasteiger partial charge < -0.3 is 4.90 Å². The Morgan fingerprint density at radius 2 is 1.79 bits per heavy atom. The fourth-order valence-electron chi connectivity index (χ4n) is 4.14. The van der Waals surface area contributed by atoms with Crippen LogP contribution in [-0.2, 0) is 17.6 Å². The van der Waals surface area contributed by atoms with Gasteiger partial charge in [-0.15, -0.1) is 13.2 Å². The number of allylic oxidation sites excluding steroid dienone is 2. The predicted octanol–water partition coefficient (Wildman–Crippen LogP) is 2.17. The van der Waals surface area contributed by atoms with E-state index in [2.05, 4.69) is 14.7 Å². The summed E-state index contributed by atoms with van der Waals surface area (Å²) < 4.78 is 42.4. The molecule has 2 aliphatic carbocycles. The van der Waals surface area contributed by atoms with E-state index in [0.29, 0.717) is 32.1 Å². The lowest BCUT2D eigenvalue weighted by atomic mass is 9.97. The SMILES string of the molecule is O=c1[nH]c(N2CCN(C3C=CC=CC3OC(F)(F)F)CC2)nc2c1CCCC2. The summed E-state index contributed by atoms with van der Waals surface area (Å²) in [5.41, 5.74) is 1.60. The molecule has 0 saturated carbocycles. The lowest BCUT2D eigenvalue weighted by molar-refractivity contribution is -0.340. The maximum absolute atomic E-state index is 12.7. The minimum Gasteiger partial charge on any atom is -0.340 e. The number of nitrogens with one attached hydrogen (secondary N) is 1. The van der Waals surface area contributed by atoms with Gasteiger partial charge in [-0.3, -0.25) is 19.4 Å². The minimum absolute atomic E-state index is 0.0684. The van der Waals surface area contributed by atoms with Gasteiger partial charge in [0.25, 0.3) is 5.56 Å². The third-order valence-corrected chi connectivity index (χ3v) is 5.54. The highest BCUT2D eigenvalue weighted by atomic mass is 19.4. The first-order chi connectivity index (χ1) is 13.4. The number of nitrogens with zero attached hydrogens (tertiary/aromatic N) is 3. The van der Waals surface area contributed by atoms with Crippen molar-refractivity contribution in [1.29, 1.82) is 0 Å². The smallest absolute Gasteiger partial charge is 0.340 e. The molecule has 0 radical (unpaired) electrons. The van der Waals surface area contributed by atoms with Crippen molar-refractivity contribution in [1.82, 2.24) is 14.9 Å². The fraction of sp³-hybridized carbons (Fsp3) is 0.579. The van der Waals surface area contributed by atoms with Crippen LogP contribution in [0.15, 0.2) is 29.1 Å². The van der Waals surface area contributed by atoms with Gasteiger partial charge in [0.15, 0.2) is 0 Å². The largest absolute Gasteiger partial charge is 0.523 e. The topological polar surface area (TPSA) is 61.5 Å². The van der Waals surface area contributed by atoms with E-state index in [1.54, 1.807) is 18.2 Å². The lowest BCUT2D eigenvalue weighted by Gasteiger charge is -2.41. The van der Waals surface area contributed by atoms with Crippen LogP contribution in [0.1, 0.15) is 24.1 Å². The second-order valence-electron chi connectivity index (χ2n) is 7.33. The maximum Gasteiger partial charge on any atom is 0.523 e. The Bertz CT molecular complexity index is 825. The average molecular weight is 396 g/mol. The number of anilines is 1. The zero-order valence-corrected chi connectivity index (χ0v) is 15.4. The van der Waals surface area contributed by atoms with Crippen molar-refractivity contribution in [2.75, 3.05) is 31.1 Å². The van der Waals surface area contributed by atoms with Crippen LogP contribution in [0.2, 0.25) is 0 Å². The van der Waals surface area contributed by atoms with E-state index in [9.17, 15) is 18.0 Å². The quantitative estimate of drug-likeness (QED) is 0.849. The molecule has 0 bridgehead atoms. The van der Waals surface area contributed by atoms with Crippen LogP contribution in [0.25, 0.3) is 0 Å². The third-order valence-electron chi connectivity index (χ3n) is 5.54. The van der Waals surface area contributed by atoms with Crippen molar-refractivity contribution in [3.05, 3.63) is 45.9 Å². The molecule has 4 rings (SSSR count). The average Bonchev–Trinajstić information content (AvgIpc) is 2.67. The third kappa shape index (κ3) is 4.15. The molecule has 1 fully saturated rings. The number of ether oxygens (including phenoxy) is 1. The van der Waals surface area contributed by atoms with Crippen molar-refractivity contribution >= 4 is 5.95 Å². The molecule has 1 aliphatic heterocycles. The van der Waals surface area contributed by atoms with Crippen molar-refractivity contribution in [3.8, 4) is 0 Å². The van der Waals surface area contributed by atoms with Gasteiger partial charge in [-0.25, -0.2) is 4.98 Å². The highest BCUT2D eigenvalue weighted by Crippen LogP contribution is 2.26. The summed E-state index contributed by atoms with van der Waals surface area (Å²) in [4.78, 5) is 23.8. The molecular weight excluding hydrogens is 373 g/mol. The van der Waals surface area contributed by atoms with Crippen LogP contribution in [0.4, 0.5) is 19.1 Å². The number of aromatic amines is 1. The first-order valence-electron chi connectivity index (χ1n) is 9.61. The molecule has 28 heavy (non-hydrogen) atoms. The number of hydrogen-bond acceptors (Lipinski definition) is 5. The van der Waals surface area contributed by atoms with Crippen molar-refractivity contribution < 1.29 is 17.9 Å². The first-order valence-corrected chi connectivity index (χ1v) is 9.61. The summed E-state index contributed by atoms with van der Waals surface area (Å²) in [6.07, 6.45) is 4.42. The lowest BCUT2D eigenvalue weighted by Crippen LogP contribution is -2.54. The zero-order chi connectivity index (χ0) is 19.7. The van der Waals surface area contributed by atoms with E-state index in [1.165, 1.54) is 6.08 Å². The molecule has 9 heteroatoms. The van der Waals surface area contributed by atoms with Crippen molar-refractivity contribution in [3.63, 3.8) is 0 Å². The fourth-order valence-corrected chi connectivity index (χ4v) is 4.14. The van der Waals surface area contributed by atoms with Gasteiger partial charge in [-0.05, 0) is 25.7 Å². The van der Waals surface area contributed by atoms with Gasteiger partial charge in [0.05, 0.1) is 11.7 Å². The number of aryl methyl sites for hydroxylation is 1. The van der Waals surface area contributed by atoms with Gasteiger partial charge in [0.2, 0.25) is 5.95 Å². The maximum atomic E-state index is 12.7. The molecule has 0 spiro atoms. The molecule has 0 amide bonds. The van der Waals surface area contributed by atoms with Crippen LogP contribution in [-0.4, -0.2) is 59.6 Å². The van der Waals surface area contributed by atoms with E-state index in [-0.39, 0.29) is 5.56 Å². The number of H-pyrrole nitrogens is 1. The first kappa shape index (κ1) is 19.2. The van der Waals surface area contributed by atoms with E-state index < -0.39 is 18.5 Å². The van der Waals surface area contributed by atoms with E-state index >= 15 is 0 Å². The number of fused-ring (bicyclic) bond motifs is 1. The molecule has 152 valence electrons. The Hall–Kier alpha value is -2.13.